The van der Waals surface area contributed by atoms with Crippen molar-refractivity contribution < 1.29 is 9.90 Å². The second-order valence-corrected chi connectivity index (χ2v) is 5.20. The topological polar surface area (TPSA) is 61.4 Å². The van der Waals surface area contributed by atoms with E-state index < -0.39 is 12.1 Å². The van der Waals surface area contributed by atoms with Crippen LogP contribution in [-0.4, -0.2) is 17.7 Å². The molecule has 3 N–H and O–H groups in total. The highest BCUT2D eigenvalue weighted by molar-refractivity contribution is 6.42. The molecule has 2 amide bonds. The standard InChI is InChI=1S/C15H14Cl2N2O2/c16-12-7-6-11(8-13(12)17)19-15(21)18-9-14(20)10-4-2-1-3-5-10/h1-8,14,20H,9H2,(H2,18,19,21). The number of anilines is 1. The van der Waals surface area contributed by atoms with Crippen molar-refractivity contribution in [2.24, 2.45) is 0 Å². The Bertz CT molecular complexity index is 620. The summed E-state index contributed by atoms with van der Waals surface area (Å²) in [7, 11) is 0. The molecular weight excluding hydrogens is 311 g/mol. The number of carbonyl (C=O) groups is 1. The number of hydrogen-bond donors (Lipinski definition) is 3. The molecule has 2 aromatic carbocycles. The summed E-state index contributed by atoms with van der Waals surface area (Å²) in [6, 6.07) is 13.5. The van der Waals surface area contributed by atoms with Gasteiger partial charge in [-0.1, -0.05) is 53.5 Å². The summed E-state index contributed by atoms with van der Waals surface area (Å²) in [6.07, 6.45) is -0.759. The number of hydrogen-bond acceptors (Lipinski definition) is 2. The fraction of sp³-hybridized carbons (Fsp3) is 0.133. The molecule has 1 atom stereocenters. The first-order valence-corrected chi connectivity index (χ1v) is 7.05. The first-order valence-electron chi connectivity index (χ1n) is 6.29. The minimum Gasteiger partial charge on any atom is -0.387 e. The minimum absolute atomic E-state index is 0.108. The summed E-state index contributed by atoms with van der Waals surface area (Å²) in [5.41, 5.74) is 1.27. The number of amides is 2. The molecule has 1 unspecified atom stereocenters. The molecule has 0 bridgehead atoms. The number of aliphatic hydroxyl groups is 1. The first-order chi connectivity index (χ1) is 10.1. The van der Waals surface area contributed by atoms with E-state index in [0.29, 0.717) is 15.7 Å². The van der Waals surface area contributed by atoms with Crippen LogP contribution in [0.5, 0.6) is 0 Å². The molecule has 0 saturated heterocycles. The summed E-state index contributed by atoms with van der Waals surface area (Å²) in [5, 5.41) is 15.9. The highest BCUT2D eigenvalue weighted by Crippen LogP contribution is 2.24. The molecule has 0 saturated carbocycles. The third-order valence-electron chi connectivity index (χ3n) is 2.82. The maximum atomic E-state index is 11.7. The number of aliphatic hydroxyl groups excluding tert-OH is 1. The summed E-state index contributed by atoms with van der Waals surface area (Å²) in [4.78, 5) is 11.7. The van der Waals surface area contributed by atoms with Crippen LogP contribution in [0.4, 0.5) is 10.5 Å². The molecule has 2 rings (SSSR count). The van der Waals surface area contributed by atoms with Gasteiger partial charge in [0.1, 0.15) is 0 Å². The van der Waals surface area contributed by atoms with Crippen LogP contribution in [-0.2, 0) is 0 Å². The predicted octanol–water partition coefficient (Wildman–Crippen LogP) is 3.85. The van der Waals surface area contributed by atoms with Crippen molar-refractivity contribution >= 4 is 34.9 Å². The molecule has 6 heteroatoms. The lowest BCUT2D eigenvalue weighted by molar-refractivity contribution is 0.175. The van der Waals surface area contributed by atoms with Gasteiger partial charge >= 0.3 is 6.03 Å². The number of carbonyl (C=O) groups excluding carboxylic acids is 1. The Morgan fingerprint density at radius 1 is 1.10 bits per heavy atom. The van der Waals surface area contributed by atoms with Gasteiger partial charge in [-0.3, -0.25) is 0 Å². The number of halogens is 2. The quantitative estimate of drug-likeness (QED) is 0.800. The fourth-order valence-corrected chi connectivity index (χ4v) is 2.03. The lowest BCUT2D eigenvalue weighted by Gasteiger charge is -2.13. The number of benzene rings is 2. The molecule has 4 nitrogen and oxygen atoms in total. The lowest BCUT2D eigenvalue weighted by atomic mass is 10.1. The second-order valence-electron chi connectivity index (χ2n) is 4.39. The Morgan fingerprint density at radius 3 is 2.48 bits per heavy atom. The Hall–Kier alpha value is -1.75. The second kappa shape index (κ2) is 7.31. The molecule has 21 heavy (non-hydrogen) atoms. The van der Waals surface area contributed by atoms with Crippen LogP contribution in [0.3, 0.4) is 0 Å². The van der Waals surface area contributed by atoms with E-state index in [1.165, 1.54) is 0 Å². The predicted molar refractivity (Wildman–Crippen MR) is 84.9 cm³/mol. The van der Waals surface area contributed by atoms with Crippen LogP contribution in [0.15, 0.2) is 48.5 Å². The van der Waals surface area contributed by atoms with Crippen molar-refractivity contribution in [3.05, 3.63) is 64.1 Å². The maximum Gasteiger partial charge on any atom is 0.319 e. The van der Waals surface area contributed by atoms with Gasteiger partial charge in [0.25, 0.3) is 0 Å². The molecule has 110 valence electrons. The number of nitrogens with one attached hydrogen (secondary N) is 2. The minimum atomic E-state index is -0.759. The first kappa shape index (κ1) is 15.6. The molecular formula is C15H14Cl2N2O2. The SMILES string of the molecule is O=C(NCC(O)c1ccccc1)Nc1ccc(Cl)c(Cl)c1. The van der Waals surface area contributed by atoms with E-state index in [1.807, 2.05) is 18.2 Å². The molecule has 2 aromatic rings. The summed E-state index contributed by atoms with van der Waals surface area (Å²) in [6.45, 7) is 0.108. The summed E-state index contributed by atoms with van der Waals surface area (Å²) < 4.78 is 0. The monoisotopic (exact) mass is 324 g/mol. The van der Waals surface area contributed by atoms with Gasteiger partial charge in [0, 0.05) is 12.2 Å². The lowest BCUT2D eigenvalue weighted by Crippen LogP contribution is -2.32. The zero-order valence-corrected chi connectivity index (χ0v) is 12.5. The molecule has 0 radical (unpaired) electrons. The van der Waals surface area contributed by atoms with Crippen molar-refractivity contribution in [3.8, 4) is 0 Å². The Balaban J connectivity index is 1.86. The van der Waals surface area contributed by atoms with Crippen molar-refractivity contribution in [2.45, 2.75) is 6.10 Å². The normalized spacial score (nSPS) is 11.8. The molecule has 0 fully saturated rings. The Kier molecular flexibility index (Phi) is 5.44. The van der Waals surface area contributed by atoms with Crippen molar-refractivity contribution in [2.75, 3.05) is 11.9 Å². The van der Waals surface area contributed by atoms with E-state index in [4.69, 9.17) is 23.2 Å². The average molecular weight is 325 g/mol. The molecule has 0 heterocycles. The van der Waals surface area contributed by atoms with Crippen LogP contribution in [0.25, 0.3) is 0 Å². The van der Waals surface area contributed by atoms with Gasteiger partial charge in [0.15, 0.2) is 0 Å². The Morgan fingerprint density at radius 2 is 1.81 bits per heavy atom. The van der Waals surface area contributed by atoms with Gasteiger partial charge in [0.05, 0.1) is 16.1 Å². The van der Waals surface area contributed by atoms with Crippen LogP contribution in [0, 0.1) is 0 Å². The zero-order chi connectivity index (χ0) is 15.2. The van der Waals surface area contributed by atoms with Gasteiger partial charge in [-0.05, 0) is 23.8 Å². The van der Waals surface area contributed by atoms with Gasteiger partial charge < -0.3 is 15.7 Å². The van der Waals surface area contributed by atoms with Gasteiger partial charge in [-0.2, -0.15) is 0 Å². The number of rotatable bonds is 4. The Labute approximate surface area is 132 Å². The van der Waals surface area contributed by atoms with Crippen LogP contribution in [0.1, 0.15) is 11.7 Å². The van der Waals surface area contributed by atoms with E-state index >= 15 is 0 Å². The smallest absolute Gasteiger partial charge is 0.319 e. The molecule has 0 spiro atoms. The van der Waals surface area contributed by atoms with E-state index in [-0.39, 0.29) is 6.54 Å². The zero-order valence-electron chi connectivity index (χ0n) is 11.0. The highest BCUT2D eigenvalue weighted by atomic mass is 35.5. The van der Waals surface area contributed by atoms with E-state index in [2.05, 4.69) is 10.6 Å². The number of urea groups is 1. The third kappa shape index (κ3) is 4.63. The van der Waals surface area contributed by atoms with Crippen LogP contribution >= 0.6 is 23.2 Å². The highest BCUT2D eigenvalue weighted by Gasteiger charge is 2.09. The molecule has 0 aliphatic carbocycles. The van der Waals surface area contributed by atoms with Gasteiger partial charge in [-0.15, -0.1) is 0 Å². The van der Waals surface area contributed by atoms with Gasteiger partial charge in [-0.25, -0.2) is 4.79 Å². The van der Waals surface area contributed by atoms with Gasteiger partial charge in [0.2, 0.25) is 0 Å². The van der Waals surface area contributed by atoms with E-state index in [0.717, 1.165) is 5.56 Å². The van der Waals surface area contributed by atoms with Crippen molar-refractivity contribution in [1.82, 2.24) is 5.32 Å². The van der Waals surface area contributed by atoms with E-state index in [9.17, 15) is 9.90 Å². The average Bonchev–Trinajstić information content (AvgIpc) is 2.49. The third-order valence-corrected chi connectivity index (χ3v) is 3.56. The summed E-state index contributed by atoms with van der Waals surface area (Å²) >= 11 is 11.7. The van der Waals surface area contributed by atoms with Crippen molar-refractivity contribution in [3.63, 3.8) is 0 Å². The van der Waals surface area contributed by atoms with Crippen LogP contribution < -0.4 is 10.6 Å². The summed E-state index contributed by atoms with van der Waals surface area (Å²) in [5.74, 6) is 0. The fourth-order valence-electron chi connectivity index (χ4n) is 1.73. The van der Waals surface area contributed by atoms with Crippen LogP contribution in [0.2, 0.25) is 10.0 Å². The molecule has 0 aromatic heterocycles. The maximum absolute atomic E-state index is 11.7. The molecule has 0 aliphatic heterocycles. The van der Waals surface area contributed by atoms with Crippen molar-refractivity contribution in [1.29, 1.82) is 0 Å². The molecule has 0 aliphatic rings. The van der Waals surface area contributed by atoms with E-state index in [1.54, 1.807) is 30.3 Å². The largest absolute Gasteiger partial charge is 0.387 e.